The summed E-state index contributed by atoms with van der Waals surface area (Å²) >= 11 is 0. The van der Waals surface area contributed by atoms with E-state index in [1.54, 1.807) is 0 Å². The number of ether oxygens (including phenoxy) is 1. The minimum atomic E-state index is 0.292. The van der Waals surface area contributed by atoms with Crippen LogP contribution in [0.3, 0.4) is 0 Å². The van der Waals surface area contributed by atoms with Gasteiger partial charge in [0.15, 0.2) is 0 Å². The molecule has 0 bridgehead atoms. The lowest BCUT2D eigenvalue weighted by Gasteiger charge is -2.43. The average Bonchev–Trinajstić information content (AvgIpc) is 2.30. The number of morpholine rings is 1. The van der Waals surface area contributed by atoms with E-state index in [9.17, 15) is 0 Å². The van der Waals surface area contributed by atoms with Crippen molar-refractivity contribution in [2.24, 2.45) is 5.41 Å². The van der Waals surface area contributed by atoms with Crippen LogP contribution in [0, 0.1) is 5.41 Å². The second-order valence-electron chi connectivity index (χ2n) is 6.59. The molecule has 0 aromatic rings. The third-order valence-corrected chi connectivity index (χ3v) is 4.22. The van der Waals surface area contributed by atoms with Crippen molar-refractivity contribution in [3.05, 3.63) is 0 Å². The molecular formula is C15H32N2O. The molecule has 1 fully saturated rings. The highest BCUT2D eigenvalue weighted by atomic mass is 16.5. The molecule has 3 nitrogen and oxygen atoms in total. The van der Waals surface area contributed by atoms with Gasteiger partial charge in [-0.2, -0.15) is 0 Å². The fourth-order valence-corrected chi connectivity index (χ4v) is 2.49. The normalized spacial score (nSPS) is 28.3. The van der Waals surface area contributed by atoms with Gasteiger partial charge in [-0.05, 0) is 39.2 Å². The van der Waals surface area contributed by atoms with Crippen LogP contribution in [0.4, 0.5) is 0 Å². The third-order valence-electron chi connectivity index (χ3n) is 4.22. The summed E-state index contributed by atoms with van der Waals surface area (Å²) in [5.41, 5.74) is 0.292. The minimum absolute atomic E-state index is 0.292. The summed E-state index contributed by atoms with van der Waals surface area (Å²) in [6.07, 6.45) is 1.57. The van der Waals surface area contributed by atoms with Gasteiger partial charge in [-0.25, -0.2) is 0 Å². The molecule has 3 unspecified atom stereocenters. The first kappa shape index (κ1) is 15.9. The zero-order valence-electron chi connectivity index (χ0n) is 13.1. The lowest BCUT2D eigenvalue weighted by molar-refractivity contribution is -0.0626. The number of hydrogen-bond acceptors (Lipinski definition) is 3. The highest BCUT2D eigenvalue weighted by molar-refractivity contribution is 4.87. The molecule has 1 N–H and O–H groups in total. The Kier molecular flexibility index (Phi) is 6.09. The second-order valence-corrected chi connectivity index (χ2v) is 6.59. The Bertz CT molecular complexity index is 243. The van der Waals surface area contributed by atoms with Crippen molar-refractivity contribution in [3.8, 4) is 0 Å². The number of nitrogens with one attached hydrogen (secondary N) is 1. The van der Waals surface area contributed by atoms with Gasteiger partial charge in [0.2, 0.25) is 0 Å². The first-order valence-electron chi connectivity index (χ1n) is 7.46. The summed E-state index contributed by atoms with van der Waals surface area (Å²) in [4.78, 5) is 2.58. The van der Waals surface area contributed by atoms with E-state index in [1.807, 2.05) is 0 Å². The molecule has 0 amide bonds. The van der Waals surface area contributed by atoms with E-state index in [2.05, 4.69) is 51.8 Å². The van der Waals surface area contributed by atoms with Crippen LogP contribution in [0.2, 0.25) is 0 Å². The van der Waals surface area contributed by atoms with E-state index >= 15 is 0 Å². The third kappa shape index (κ3) is 4.52. The SMILES string of the molecule is CCCNC(C)C(C)(C)CN1CC(C)OCC1C. The zero-order valence-corrected chi connectivity index (χ0v) is 13.1. The van der Waals surface area contributed by atoms with Crippen LogP contribution in [-0.2, 0) is 4.74 Å². The zero-order chi connectivity index (χ0) is 13.8. The van der Waals surface area contributed by atoms with E-state index in [0.29, 0.717) is 23.6 Å². The molecule has 0 spiro atoms. The Labute approximate surface area is 113 Å². The van der Waals surface area contributed by atoms with E-state index in [4.69, 9.17) is 4.74 Å². The van der Waals surface area contributed by atoms with E-state index < -0.39 is 0 Å². The highest BCUT2D eigenvalue weighted by Crippen LogP contribution is 2.25. The van der Waals surface area contributed by atoms with E-state index in [-0.39, 0.29) is 0 Å². The van der Waals surface area contributed by atoms with Crippen LogP contribution >= 0.6 is 0 Å². The van der Waals surface area contributed by atoms with Gasteiger partial charge in [0.1, 0.15) is 0 Å². The van der Waals surface area contributed by atoms with Crippen molar-refractivity contribution in [1.82, 2.24) is 10.2 Å². The quantitative estimate of drug-likeness (QED) is 0.790. The summed E-state index contributed by atoms with van der Waals surface area (Å²) < 4.78 is 5.70. The minimum Gasteiger partial charge on any atom is -0.376 e. The number of rotatable bonds is 6. The predicted molar refractivity (Wildman–Crippen MR) is 78.0 cm³/mol. The predicted octanol–water partition coefficient (Wildman–Crippen LogP) is 2.51. The highest BCUT2D eigenvalue weighted by Gasteiger charge is 2.32. The van der Waals surface area contributed by atoms with Crippen LogP contribution in [0.1, 0.15) is 48.0 Å². The molecule has 0 aromatic carbocycles. The fraction of sp³-hybridized carbons (Fsp3) is 1.00. The van der Waals surface area contributed by atoms with Gasteiger partial charge in [-0.3, -0.25) is 4.90 Å². The summed E-state index contributed by atoms with van der Waals surface area (Å²) in [6.45, 7) is 17.9. The van der Waals surface area contributed by atoms with Crippen molar-refractivity contribution in [1.29, 1.82) is 0 Å². The molecule has 0 aliphatic carbocycles. The molecule has 0 aromatic heterocycles. The maximum Gasteiger partial charge on any atom is 0.0674 e. The van der Waals surface area contributed by atoms with Crippen LogP contribution in [0.5, 0.6) is 0 Å². The lowest BCUT2D eigenvalue weighted by atomic mass is 9.84. The van der Waals surface area contributed by atoms with Gasteiger partial charge in [0.25, 0.3) is 0 Å². The molecule has 1 saturated heterocycles. The second kappa shape index (κ2) is 6.88. The Balaban J connectivity index is 2.51. The number of hydrogen-bond donors (Lipinski definition) is 1. The maximum atomic E-state index is 5.70. The van der Waals surface area contributed by atoms with Gasteiger partial charge in [0, 0.05) is 25.2 Å². The molecular weight excluding hydrogens is 224 g/mol. The smallest absolute Gasteiger partial charge is 0.0674 e. The molecule has 3 heteroatoms. The van der Waals surface area contributed by atoms with Crippen molar-refractivity contribution >= 4 is 0 Å². The Hall–Kier alpha value is -0.120. The van der Waals surface area contributed by atoms with Gasteiger partial charge in [0.05, 0.1) is 12.7 Å². The number of nitrogens with zero attached hydrogens (tertiary/aromatic N) is 1. The van der Waals surface area contributed by atoms with E-state index in [1.165, 1.54) is 6.42 Å². The molecule has 0 saturated carbocycles. The lowest BCUT2D eigenvalue weighted by Crippen LogP contribution is -2.54. The van der Waals surface area contributed by atoms with E-state index in [0.717, 1.165) is 26.2 Å². The van der Waals surface area contributed by atoms with Crippen LogP contribution in [0.15, 0.2) is 0 Å². The van der Waals surface area contributed by atoms with Crippen LogP contribution in [0.25, 0.3) is 0 Å². The first-order valence-corrected chi connectivity index (χ1v) is 7.46. The van der Waals surface area contributed by atoms with Gasteiger partial charge in [-0.1, -0.05) is 20.8 Å². The summed E-state index contributed by atoms with van der Waals surface area (Å²) in [5, 5.41) is 3.63. The fourth-order valence-electron chi connectivity index (χ4n) is 2.49. The van der Waals surface area contributed by atoms with Gasteiger partial charge < -0.3 is 10.1 Å². The molecule has 3 atom stereocenters. The molecule has 18 heavy (non-hydrogen) atoms. The molecule has 1 heterocycles. The maximum absolute atomic E-state index is 5.70. The van der Waals surface area contributed by atoms with Crippen LogP contribution < -0.4 is 5.32 Å². The molecule has 0 radical (unpaired) electrons. The summed E-state index contributed by atoms with van der Waals surface area (Å²) in [7, 11) is 0. The molecule has 1 rings (SSSR count). The topological polar surface area (TPSA) is 24.5 Å². The van der Waals surface area contributed by atoms with Crippen molar-refractivity contribution in [3.63, 3.8) is 0 Å². The van der Waals surface area contributed by atoms with Gasteiger partial charge >= 0.3 is 0 Å². The van der Waals surface area contributed by atoms with Gasteiger partial charge in [-0.15, -0.1) is 0 Å². The van der Waals surface area contributed by atoms with Crippen molar-refractivity contribution in [2.45, 2.75) is 66.2 Å². The standard InChI is InChI=1S/C15H32N2O/c1-7-8-16-14(4)15(5,6)11-17-9-13(3)18-10-12(17)2/h12-14,16H,7-11H2,1-6H3. The average molecular weight is 256 g/mol. The van der Waals surface area contributed by atoms with Crippen LogP contribution in [-0.4, -0.2) is 49.3 Å². The Morgan fingerprint density at radius 1 is 1.39 bits per heavy atom. The summed E-state index contributed by atoms with van der Waals surface area (Å²) in [6, 6.07) is 1.08. The Morgan fingerprint density at radius 2 is 2.06 bits per heavy atom. The molecule has 1 aliphatic rings. The molecule has 108 valence electrons. The summed E-state index contributed by atoms with van der Waals surface area (Å²) in [5.74, 6) is 0. The first-order chi connectivity index (χ1) is 8.36. The Morgan fingerprint density at radius 3 is 2.67 bits per heavy atom. The largest absolute Gasteiger partial charge is 0.376 e. The molecule has 1 aliphatic heterocycles. The monoisotopic (exact) mass is 256 g/mol. The van der Waals surface area contributed by atoms with Crippen molar-refractivity contribution in [2.75, 3.05) is 26.2 Å². The van der Waals surface area contributed by atoms with Crippen molar-refractivity contribution < 1.29 is 4.74 Å².